The minimum absolute atomic E-state index is 0.0232. The van der Waals surface area contributed by atoms with Crippen LogP contribution in [-0.4, -0.2) is 174 Å². The average Bonchev–Trinajstić information content (AvgIpc) is 3.78. The first-order valence-electron chi connectivity index (χ1n) is 24.6. The van der Waals surface area contributed by atoms with Crippen molar-refractivity contribution >= 4 is 43.4 Å². The highest BCUT2D eigenvalue weighted by Crippen LogP contribution is 2.41. The zero-order chi connectivity index (χ0) is 53.8. The maximum atomic E-state index is 13.7. The summed E-state index contributed by atoms with van der Waals surface area (Å²) < 4.78 is 21.5. The summed E-state index contributed by atoms with van der Waals surface area (Å²) in [6.45, 7) is 7.23. The van der Waals surface area contributed by atoms with Crippen molar-refractivity contribution in [3.8, 4) is 28.7 Å². The number of carbonyl (C=O) groups excluding carboxylic acids is 4. The maximum absolute atomic E-state index is 13.7. The minimum Gasteiger partial charge on any atom is -0.507 e. The van der Waals surface area contributed by atoms with Gasteiger partial charge in [-0.15, -0.1) is 0 Å². The normalized spacial score (nSPS) is 13.5. The van der Waals surface area contributed by atoms with E-state index >= 15 is 0 Å². The first-order chi connectivity index (χ1) is 34.9. The predicted octanol–water partition coefficient (Wildman–Crippen LogP) is 5.04. The van der Waals surface area contributed by atoms with Gasteiger partial charge in [0.15, 0.2) is 23.0 Å². The molecule has 0 aliphatic carbocycles. The Morgan fingerprint density at radius 3 is 1.41 bits per heavy atom. The van der Waals surface area contributed by atoms with Crippen molar-refractivity contribution in [2.75, 3.05) is 101 Å². The van der Waals surface area contributed by atoms with Crippen molar-refractivity contribution in [3.05, 3.63) is 106 Å². The number of ether oxygens (including phenoxy) is 4. The number of anilines is 1. The van der Waals surface area contributed by atoms with Crippen LogP contribution >= 0.6 is 0 Å². The summed E-state index contributed by atoms with van der Waals surface area (Å²) in [7, 11) is 12.9. The highest BCUT2D eigenvalue weighted by Gasteiger charge is 2.43. The summed E-state index contributed by atoms with van der Waals surface area (Å²) in [6.07, 6.45) is 4.02. The van der Waals surface area contributed by atoms with E-state index in [-0.39, 0.29) is 28.7 Å². The van der Waals surface area contributed by atoms with Gasteiger partial charge in [0, 0.05) is 18.8 Å². The van der Waals surface area contributed by atoms with E-state index in [1.165, 1.54) is 36.2 Å². The summed E-state index contributed by atoms with van der Waals surface area (Å²) in [5.41, 5.74) is 3.19. The van der Waals surface area contributed by atoms with Crippen LogP contribution in [0, 0.1) is 0 Å². The molecule has 6 rings (SSSR count). The molecule has 0 radical (unpaired) electrons. The summed E-state index contributed by atoms with van der Waals surface area (Å²) in [4.78, 5) is 60.2. The van der Waals surface area contributed by atoms with Crippen LogP contribution in [0.2, 0.25) is 13.6 Å². The number of hydrogen-bond acceptors (Lipinski definition) is 17. The molecule has 2 heterocycles. The molecule has 0 fully saturated rings. The van der Waals surface area contributed by atoms with Crippen LogP contribution in [0.15, 0.2) is 72.8 Å². The molecule has 0 unspecified atom stereocenters. The number of amides is 4. The largest absolute Gasteiger partial charge is 0.507 e. The summed E-state index contributed by atoms with van der Waals surface area (Å²) >= 11 is 0. The lowest BCUT2D eigenvalue weighted by Gasteiger charge is -2.27. The Morgan fingerprint density at radius 1 is 0.562 bits per heavy atom. The number of nitrogens with zero attached hydrogens (tertiary/aromatic N) is 4. The Kier molecular flexibility index (Phi) is 24.0. The smallest absolute Gasteiger partial charge is 0.373 e. The summed E-state index contributed by atoms with van der Waals surface area (Å²) in [5.74, 6) is 0.312. The second-order valence-corrected chi connectivity index (χ2v) is 18.2. The van der Waals surface area contributed by atoms with E-state index in [4.69, 9.17) is 24.1 Å². The van der Waals surface area contributed by atoms with E-state index in [0.29, 0.717) is 97.3 Å². The van der Waals surface area contributed by atoms with Gasteiger partial charge in [0.05, 0.1) is 62.8 Å². The van der Waals surface area contributed by atoms with Gasteiger partial charge in [0.25, 0.3) is 23.6 Å². The lowest BCUT2D eigenvalue weighted by Crippen LogP contribution is -2.36. The molecule has 19 nitrogen and oxygen atoms in total. The van der Waals surface area contributed by atoms with Gasteiger partial charge in [-0.1, -0.05) is 24.3 Å². The standard InChI is InChI=1S/C26H37BN4O5.C21H25BN2O6.C5H13NO/c1-27(34)29-15-7-11-21(18-12-13-22(35-4)23(17-18)36-5)31-25(32)19-9-6-10-20(24(19)26(31)33)28-14-8-16-30(2)3;1-22(28)23-11-5-7-15(13-9-10-17(29-2)18(12-13)30-3)24-20(26)14-6-4-8-16(25)19(14)21(24)27;1-6(2)4-3-5-7/h6,9-10,12-13,17,21,28-29,34H,7-8,11,14-16H2,1-5H3;4,6,8-10,12,15,23,25,28H,5,7,11H2,1-3H3;7H,3-5H2,1-2H3/t21-;15-;/m11./s1. The van der Waals surface area contributed by atoms with E-state index in [9.17, 15) is 34.3 Å². The fourth-order valence-electron chi connectivity index (χ4n) is 8.53. The Labute approximate surface area is 431 Å². The number of nitrogens with one attached hydrogen (secondary N) is 3. The highest BCUT2D eigenvalue weighted by molar-refractivity contribution is 6.45. The minimum atomic E-state index is -0.652. The number of hydrogen-bond donors (Lipinski definition) is 7. The van der Waals surface area contributed by atoms with Gasteiger partial charge >= 0.3 is 14.1 Å². The fraction of sp³-hybridized carbons (Fsp3) is 0.462. The molecule has 4 aromatic carbocycles. The number of aliphatic hydroxyl groups excluding tert-OH is 1. The monoisotopic (exact) mass is 1010 g/mol. The summed E-state index contributed by atoms with van der Waals surface area (Å²) in [6, 6.07) is 19.5. The highest BCUT2D eigenvalue weighted by atomic mass is 16.5. The number of phenols is 1. The number of aromatic hydroxyl groups is 1. The second kappa shape index (κ2) is 29.5. The molecular weight excluding hydrogens is 936 g/mol. The number of imide groups is 2. The van der Waals surface area contributed by atoms with Crippen molar-refractivity contribution in [2.45, 2.75) is 64.3 Å². The Morgan fingerprint density at radius 2 is 1.00 bits per heavy atom. The average molecular weight is 1010 g/mol. The van der Waals surface area contributed by atoms with Crippen molar-refractivity contribution in [2.24, 2.45) is 0 Å². The van der Waals surface area contributed by atoms with E-state index in [2.05, 4.69) is 25.6 Å². The van der Waals surface area contributed by atoms with Gasteiger partial charge in [-0.3, -0.25) is 29.0 Å². The molecule has 0 saturated heterocycles. The van der Waals surface area contributed by atoms with Gasteiger partial charge in [-0.25, -0.2) is 0 Å². The molecule has 0 bridgehead atoms. The molecule has 73 heavy (non-hydrogen) atoms. The van der Waals surface area contributed by atoms with E-state index < -0.39 is 38.0 Å². The maximum Gasteiger partial charge on any atom is 0.373 e. The third-order valence-corrected chi connectivity index (χ3v) is 12.1. The van der Waals surface area contributed by atoms with Crippen LogP contribution in [0.25, 0.3) is 0 Å². The molecule has 2 aliphatic rings. The first-order valence-corrected chi connectivity index (χ1v) is 24.6. The molecule has 2 aliphatic heterocycles. The van der Waals surface area contributed by atoms with Crippen molar-refractivity contribution in [3.63, 3.8) is 0 Å². The fourth-order valence-corrected chi connectivity index (χ4v) is 8.53. The van der Waals surface area contributed by atoms with Crippen LogP contribution in [0.3, 0.4) is 0 Å². The third-order valence-electron chi connectivity index (χ3n) is 12.1. The predicted molar refractivity (Wildman–Crippen MR) is 284 cm³/mol. The molecule has 7 N–H and O–H groups in total. The Bertz CT molecular complexity index is 2440. The molecular formula is C52H75B2N7O12. The lowest BCUT2D eigenvalue weighted by atomic mass is 9.88. The van der Waals surface area contributed by atoms with E-state index in [1.54, 1.807) is 70.3 Å². The van der Waals surface area contributed by atoms with E-state index in [1.807, 2.05) is 46.4 Å². The first kappa shape index (κ1) is 59.4. The van der Waals surface area contributed by atoms with Gasteiger partial charge in [0.2, 0.25) is 0 Å². The summed E-state index contributed by atoms with van der Waals surface area (Å²) in [5, 5.41) is 46.6. The zero-order valence-electron chi connectivity index (χ0n) is 44.1. The molecule has 396 valence electrons. The molecule has 21 heteroatoms. The van der Waals surface area contributed by atoms with Crippen LogP contribution in [0.1, 0.15) is 103 Å². The third kappa shape index (κ3) is 16.1. The number of carbonyl (C=O) groups is 4. The molecule has 4 aromatic rings. The van der Waals surface area contributed by atoms with Crippen molar-refractivity contribution in [1.29, 1.82) is 0 Å². The Balaban J connectivity index is 0.000000283. The zero-order valence-corrected chi connectivity index (χ0v) is 44.1. The number of aliphatic hydroxyl groups is 1. The molecule has 0 aromatic heterocycles. The van der Waals surface area contributed by atoms with Crippen LogP contribution in [0.5, 0.6) is 28.7 Å². The van der Waals surface area contributed by atoms with Gasteiger partial charge < -0.3 is 64.8 Å². The number of phenolic OH excluding ortho intramolecular Hbond substituents is 1. The number of fused-ring (bicyclic) bond motifs is 2. The van der Waals surface area contributed by atoms with Crippen molar-refractivity contribution in [1.82, 2.24) is 30.1 Å². The molecule has 0 spiro atoms. The van der Waals surface area contributed by atoms with E-state index in [0.717, 1.165) is 31.5 Å². The van der Waals surface area contributed by atoms with Gasteiger partial charge in [0.1, 0.15) is 5.75 Å². The molecule has 0 saturated carbocycles. The number of benzene rings is 4. The van der Waals surface area contributed by atoms with Crippen LogP contribution < -0.4 is 34.7 Å². The van der Waals surface area contributed by atoms with Crippen LogP contribution in [-0.2, 0) is 0 Å². The van der Waals surface area contributed by atoms with Crippen LogP contribution in [0.4, 0.5) is 5.69 Å². The second-order valence-electron chi connectivity index (χ2n) is 18.2. The lowest BCUT2D eigenvalue weighted by molar-refractivity contribution is 0.0556. The van der Waals surface area contributed by atoms with Gasteiger partial charge in [-0.2, -0.15) is 0 Å². The molecule has 4 amide bonds. The Hall–Kier alpha value is -6.19. The van der Waals surface area contributed by atoms with Gasteiger partial charge in [-0.05, 0) is 166 Å². The number of rotatable bonds is 26. The number of methoxy groups -OCH3 is 4. The SMILES string of the molecule is CN(C)CCCO.COc1ccc([C@@H](CCCNB(C)O)N2C(=O)c3cccc(NCCCN(C)C)c3C2=O)cc1OC.COc1ccc([C@@H](CCCNB(C)O)N2C(=O)c3cccc(O)c3C2=O)cc1OC. The topological polar surface area (TPSA) is 235 Å². The quantitative estimate of drug-likeness (QED) is 0.0248. The molecule has 2 atom stereocenters. The van der Waals surface area contributed by atoms with Crippen molar-refractivity contribution < 1.29 is 58.4 Å².